The Labute approximate surface area is 190 Å². The van der Waals surface area contributed by atoms with E-state index in [0.29, 0.717) is 12.6 Å². The minimum Gasteiger partial charge on any atom is -0.352 e. The van der Waals surface area contributed by atoms with Crippen molar-refractivity contribution in [3.8, 4) is 5.69 Å². The van der Waals surface area contributed by atoms with Crippen LogP contribution in [0.3, 0.4) is 0 Å². The molecule has 0 aliphatic carbocycles. The van der Waals surface area contributed by atoms with Gasteiger partial charge in [-0.3, -0.25) is 9.89 Å². The zero-order valence-electron chi connectivity index (χ0n) is 16.8. The molecule has 28 heavy (non-hydrogen) atoms. The molecular formula is C20H30ClIN6. The lowest BCUT2D eigenvalue weighted by atomic mass is 10.2. The molecule has 2 heterocycles. The topological polar surface area (TPSA) is 48.7 Å². The third kappa shape index (κ3) is 5.61. The number of aliphatic imine (C=N–C) groups is 1. The van der Waals surface area contributed by atoms with Crippen molar-refractivity contribution in [3.63, 3.8) is 0 Å². The molecule has 1 aromatic heterocycles. The Hall–Kier alpha value is -1.32. The molecule has 1 aliphatic heterocycles. The second-order valence-electron chi connectivity index (χ2n) is 6.78. The third-order valence-corrected chi connectivity index (χ3v) is 5.43. The van der Waals surface area contributed by atoms with Crippen molar-refractivity contribution in [2.45, 2.75) is 32.9 Å². The van der Waals surface area contributed by atoms with Crippen molar-refractivity contribution in [1.82, 2.24) is 24.9 Å². The summed E-state index contributed by atoms with van der Waals surface area (Å²) < 4.78 is 1.86. The summed E-state index contributed by atoms with van der Waals surface area (Å²) in [5.74, 6) is 0.962. The fourth-order valence-electron chi connectivity index (χ4n) is 3.67. The molecule has 1 fully saturated rings. The van der Waals surface area contributed by atoms with Crippen LogP contribution in [-0.4, -0.2) is 64.8 Å². The third-order valence-electron chi connectivity index (χ3n) is 5.18. The Kier molecular flexibility index (Phi) is 9.04. The fraction of sp³-hybridized carbons (Fsp3) is 0.500. The van der Waals surface area contributed by atoms with Gasteiger partial charge in [0.25, 0.3) is 0 Å². The Morgan fingerprint density at radius 1 is 1.29 bits per heavy atom. The molecule has 1 saturated heterocycles. The van der Waals surface area contributed by atoms with Gasteiger partial charge < -0.3 is 10.2 Å². The standard InChI is InChI=1S/C20H29ClN6.HI/c1-4-25(5-2)19-10-11-26(15-19)20(22-3)23-12-16-13-24-27(14-16)18-8-6-17(21)7-9-18;/h6-9,13-14,19H,4-5,10-12,15H2,1-3H3,(H,22,23);1H. The number of rotatable bonds is 6. The normalized spacial score (nSPS) is 17.1. The van der Waals surface area contributed by atoms with Gasteiger partial charge in [0.05, 0.1) is 11.9 Å². The number of hydrogen-bond donors (Lipinski definition) is 1. The van der Waals surface area contributed by atoms with Crippen LogP contribution in [0.15, 0.2) is 41.7 Å². The summed E-state index contributed by atoms with van der Waals surface area (Å²) in [7, 11) is 1.85. The average Bonchev–Trinajstić information content (AvgIpc) is 3.34. The molecule has 0 radical (unpaired) electrons. The average molecular weight is 517 g/mol. The van der Waals surface area contributed by atoms with Crippen molar-refractivity contribution in [1.29, 1.82) is 0 Å². The fourth-order valence-corrected chi connectivity index (χ4v) is 3.80. The number of benzene rings is 1. The molecule has 0 bridgehead atoms. The second-order valence-corrected chi connectivity index (χ2v) is 7.22. The second kappa shape index (κ2) is 11.0. The predicted octanol–water partition coefficient (Wildman–Crippen LogP) is 3.64. The highest BCUT2D eigenvalue weighted by Crippen LogP contribution is 2.16. The lowest BCUT2D eigenvalue weighted by Gasteiger charge is -2.27. The van der Waals surface area contributed by atoms with E-state index in [4.69, 9.17) is 11.6 Å². The van der Waals surface area contributed by atoms with E-state index in [1.807, 2.05) is 48.4 Å². The molecule has 154 valence electrons. The van der Waals surface area contributed by atoms with Crippen LogP contribution in [0.25, 0.3) is 5.69 Å². The van der Waals surface area contributed by atoms with Gasteiger partial charge in [-0.2, -0.15) is 5.10 Å². The lowest BCUT2D eigenvalue weighted by Crippen LogP contribution is -2.43. The van der Waals surface area contributed by atoms with Crippen LogP contribution in [0, 0.1) is 0 Å². The van der Waals surface area contributed by atoms with Crippen LogP contribution in [0.2, 0.25) is 5.02 Å². The molecular weight excluding hydrogens is 487 g/mol. The first-order valence-electron chi connectivity index (χ1n) is 9.63. The predicted molar refractivity (Wildman–Crippen MR) is 127 cm³/mol. The SMILES string of the molecule is CCN(CC)C1CCN(C(=NC)NCc2cnn(-c3ccc(Cl)cc3)c2)C1.I. The van der Waals surface area contributed by atoms with E-state index in [2.05, 4.69) is 39.1 Å². The monoisotopic (exact) mass is 516 g/mol. The van der Waals surface area contributed by atoms with E-state index in [0.717, 1.165) is 48.4 Å². The largest absolute Gasteiger partial charge is 0.352 e. The van der Waals surface area contributed by atoms with Gasteiger partial charge in [0.1, 0.15) is 0 Å². The van der Waals surface area contributed by atoms with Crippen LogP contribution in [0.4, 0.5) is 0 Å². The van der Waals surface area contributed by atoms with Crippen molar-refractivity contribution < 1.29 is 0 Å². The van der Waals surface area contributed by atoms with Crippen LogP contribution < -0.4 is 5.32 Å². The van der Waals surface area contributed by atoms with Crippen LogP contribution in [0.1, 0.15) is 25.8 Å². The summed E-state index contributed by atoms with van der Waals surface area (Å²) in [4.78, 5) is 9.36. The molecule has 0 saturated carbocycles. The molecule has 6 nitrogen and oxygen atoms in total. The Morgan fingerprint density at radius 2 is 2.00 bits per heavy atom. The van der Waals surface area contributed by atoms with Crippen molar-refractivity contribution >= 4 is 41.5 Å². The van der Waals surface area contributed by atoms with E-state index in [1.54, 1.807) is 0 Å². The Bertz CT molecular complexity index is 756. The number of hydrogen-bond acceptors (Lipinski definition) is 3. The summed E-state index contributed by atoms with van der Waals surface area (Å²) in [6, 6.07) is 8.29. The minimum absolute atomic E-state index is 0. The summed E-state index contributed by atoms with van der Waals surface area (Å²) in [6.45, 7) is 9.45. The quantitative estimate of drug-likeness (QED) is 0.362. The van der Waals surface area contributed by atoms with Gasteiger partial charge >= 0.3 is 0 Å². The first-order chi connectivity index (χ1) is 13.1. The summed E-state index contributed by atoms with van der Waals surface area (Å²) in [6.07, 6.45) is 5.11. The van der Waals surface area contributed by atoms with E-state index in [-0.39, 0.29) is 24.0 Å². The Balaban J connectivity index is 0.00000280. The highest BCUT2D eigenvalue weighted by Gasteiger charge is 2.27. The summed E-state index contributed by atoms with van der Waals surface area (Å²) >= 11 is 5.95. The first-order valence-corrected chi connectivity index (χ1v) is 10.0. The zero-order chi connectivity index (χ0) is 19.2. The van der Waals surface area contributed by atoms with Gasteiger partial charge in [-0.1, -0.05) is 25.4 Å². The molecule has 1 aliphatic rings. The van der Waals surface area contributed by atoms with E-state index >= 15 is 0 Å². The van der Waals surface area contributed by atoms with E-state index in [1.165, 1.54) is 6.42 Å². The molecule has 0 amide bonds. The van der Waals surface area contributed by atoms with Crippen LogP contribution >= 0.6 is 35.6 Å². The number of nitrogens with one attached hydrogen (secondary N) is 1. The van der Waals surface area contributed by atoms with Gasteiger partial charge in [-0.15, -0.1) is 24.0 Å². The minimum atomic E-state index is 0. The number of likely N-dealkylation sites (N-methyl/N-ethyl adjacent to an activating group) is 1. The van der Waals surface area contributed by atoms with Gasteiger partial charge in [-0.25, -0.2) is 4.68 Å². The molecule has 1 unspecified atom stereocenters. The van der Waals surface area contributed by atoms with Crippen molar-refractivity contribution in [3.05, 3.63) is 47.2 Å². The maximum Gasteiger partial charge on any atom is 0.193 e. The molecule has 1 aromatic carbocycles. The first kappa shape index (κ1) is 23.0. The summed E-state index contributed by atoms with van der Waals surface area (Å²) in [5.41, 5.74) is 2.11. The van der Waals surface area contributed by atoms with Gasteiger partial charge in [0.2, 0.25) is 0 Å². The number of halogens is 2. The van der Waals surface area contributed by atoms with E-state index in [9.17, 15) is 0 Å². The van der Waals surface area contributed by atoms with Gasteiger partial charge in [-0.05, 0) is 43.8 Å². The molecule has 3 rings (SSSR count). The maximum absolute atomic E-state index is 5.95. The number of likely N-dealkylation sites (tertiary alicyclic amines) is 1. The van der Waals surface area contributed by atoms with Gasteiger partial charge in [0, 0.05) is 49.5 Å². The Morgan fingerprint density at radius 3 is 2.64 bits per heavy atom. The van der Waals surface area contributed by atoms with Gasteiger partial charge in [0.15, 0.2) is 5.96 Å². The highest BCUT2D eigenvalue weighted by molar-refractivity contribution is 14.0. The molecule has 8 heteroatoms. The van der Waals surface area contributed by atoms with Crippen LogP contribution in [0.5, 0.6) is 0 Å². The summed E-state index contributed by atoms with van der Waals surface area (Å²) in [5, 5.41) is 8.66. The van der Waals surface area contributed by atoms with Crippen molar-refractivity contribution in [2.24, 2.45) is 4.99 Å². The molecule has 0 spiro atoms. The highest BCUT2D eigenvalue weighted by atomic mass is 127. The molecule has 1 N–H and O–H groups in total. The zero-order valence-corrected chi connectivity index (χ0v) is 19.9. The smallest absolute Gasteiger partial charge is 0.193 e. The lowest BCUT2D eigenvalue weighted by molar-refractivity contribution is 0.223. The molecule has 1 atom stereocenters. The van der Waals surface area contributed by atoms with E-state index < -0.39 is 0 Å². The van der Waals surface area contributed by atoms with Crippen LogP contribution in [-0.2, 0) is 6.54 Å². The molecule has 2 aromatic rings. The maximum atomic E-state index is 5.95. The number of nitrogens with zero attached hydrogens (tertiary/aromatic N) is 5. The number of aromatic nitrogens is 2. The number of guanidine groups is 1. The van der Waals surface area contributed by atoms with Crippen molar-refractivity contribution in [2.75, 3.05) is 33.2 Å².